The van der Waals surface area contributed by atoms with Crippen LogP contribution >= 0.6 is 0 Å². The van der Waals surface area contributed by atoms with E-state index in [0.717, 1.165) is 12.1 Å². The predicted octanol–water partition coefficient (Wildman–Crippen LogP) is 1.22. The minimum absolute atomic E-state index is 0.710. The van der Waals surface area contributed by atoms with E-state index in [1.165, 1.54) is 32.4 Å². The molecule has 2 aliphatic heterocycles. The fourth-order valence-corrected chi connectivity index (χ4v) is 2.51. The van der Waals surface area contributed by atoms with E-state index in [1.807, 2.05) is 0 Å². The summed E-state index contributed by atoms with van der Waals surface area (Å²) < 4.78 is 0. The molecule has 2 nitrogen and oxygen atoms in total. The molecule has 0 aromatic heterocycles. The molecule has 0 aliphatic carbocycles. The van der Waals surface area contributed by atoms with E-state index in [2.05, 4.69) is 24.1 Å². The van der Waals surface area contributed by atoms with Crippen LogP contribution in [0.5, 0.6) is 0 Å². The highest BCUT2D eigenvalue weighted by Crippen LogP contribution is 2.25. The van der Waals surface area contributed by atoms with Gasteiger partial charge in [-0.05, 0) is 39.7 Å². The number of nitrogens with zero attached hydrogens (tertiary/aromatic N) is 1. The van der Waals surface area contributed by atoms with Crippen LogP contribution in [-0.4, -0.2) is 36.1 Å². The van der Waals surface area contributed by atoms with Gasteiger partial charge in [0.2, 0.25) is 0 Å². The Bertz CT molecular complexity index is 158. The van der Waals surface area contributed by atoms with Crippen LogP contribution in [-0.2, 0) is 0 Å². The van der Waals surface area contributed by atoms with E-state index < -0.39 is 0 Å². The summed E-state index contributed by atoms with van der Waals surface area (Å²) in [5.74, 6) is 0. The van der Waals surface area contributed by atoms with Gasteiger partial charge in [0.25, 0.3) is 0 Å². The van der Waals surface area contributed by atoms with Gasteiger partial charge in [0.1, 0.15) is 0 Å². The molecular formula is C10H20N2. The van der Waals surface area contributed by atoms with Crippen LogP contribution in [0.3, 0.4) is 0 Å². The first-order chi connectivity index (χ1) is 5.79. The van der Waals surface area contributed by atoms with Gasteiger partial charge in [-0.25, -0.2) is 0 Å². The molecule has 2 saturated heterocycles. The Kier molecular flexibility index (Phi) is 2.37. The molecule has 2 heterocycles. The van der Waals surface area contributed by atoms with Crippen molar-refractivity contribution in [3.05, 3.63) is 0 Å². The van der Waals surface area contributed by atoms with Gasteiger partial charge >= 0.3 is 0 Å². The largest absolute Gasteiger partial charge is 0.313 e. The second-order valence-electron chi connectivity index (χ2n) is 4.33. The van der Waals surface area contributed by atoms with Crippen molar-refractivity contribution in [2.24, 2.45) is 0 Å². The zero-order valence-corrected chi connectivity index (χ0v) is 8.21. The molecule has 1 N–H and O–H groups in total. The zero-order valence-electron chi connectivity index (χ0n) is 8.21. The van der Waals surface area contributed by atoms with E-state index >= 15 is 0 Å². The van der Waals surface area contributed by atoms with Crippen molar-refractivity contribution >= 4 is 0 Å². The minimum Gasteiger partial charge on any atom is -0.313 e. The molecule has 0 spiro atoms. The maximum absolute atomic E-state index is 3.56. The fourth-order valence-electron chi connectivity index (χ4n) is 2.51. The molecule has 0 saturated carbocycles. The first-order valence-corrected chi connectivity index (χ1v) is 5.28. The molecule has 3 atom stereocenters. The number of hydrogen-bond acceptors (Lipinski definition) is 2. The van der Waals surface area contributed by atoms with Gasteiger partial charge in [-0.3, -0.25) is 4.90 Å². The third-order valence-electron chi connectivity index (χ3n) is 3.52. The van der Waals surface area contributed by atoms with Gasteiger partial charge in [-0.1, -0.05) is 0 Å². The van der Waals surface area contributed by atoms with E-state index in [-0.39, 0.29) is 0 Å². The first-order valence-electron chi connectivity index (χ1n) is 5.28. The van der Waals surface area contributed by atoms with Crippen molar-refractivity contribution in [3.63, 3.8) is 0 Å². The lowest BCUT2D eigenvalue weighted by Crippen LogP contribution is -2.59. The number of hydrogen-bond donors (Lipinski definition) is 1. The second kappa shape index (κ2) is 3.35. The van der Waals surface area contributed by atoms with Crippen LogP contribution in [0.2, 0.25) is 0 Å². The molecule has 2 heteroatoms. The van der Waals surface area contributed by atoms with Gasteiger partial charge in [0.05, 0.1) is 0 Å². The number of nitrogens with one attached hydrogen (secondary N) is 1. The molecule has 2 rings (SSSR count). The molecule has 0 radical (unpaired) electrons. The van der Waals surface area contributed by atoms with Crippen LogP contribution in [0.1, 0.15) is 33.1 Å². The predicted molar refractivity (Wildman–Crippen MR) is 51.3 cm³/mol. The SMILES string of the molecule is CC1CCN1[C@@H]1CCCN[C@@H]1C. The van der Waals surface area contributed by atoms with Gasteiger partial charge in [0.15, 0.2) is 0 Å². The Hall–Kier alpha value is -0.0800. The average Bonchev–Trinajstić information content (AvgIpc) is 2.06. The summed E-state index contributed by atoms with van der Waals surface area (Å²) in [6.45, 7) is 7.23. The van der Waals surface area contributed by atoms with Crippen LogP contribution in [0.15, 0.2) is 0 Å². The monoisotopic (exact) mass is 168 g/mol. The van der Waals surface area contributed by atoms with Crippen LogP contribution in [0.25, 0.3) is 0 Å². The van der Waals surface area contributed by atoms with Crippen LogP contribution < -0.4 is 5.32 Å². The van der Waals surface area contributed by atoms with Gasteiger partial charge in [-0.15, -0.1) is 0 Å². The molecule has 0 amide bonds. The van der Waals surface area contributed by atoms with Crippen molar-refractivity contribution in [1.29, 1.82) is 0 Å². The zero-order chi connectivity index (χ0) is 8.55. The summed E-state index contributed by atoms with van der Waals surface area (Å²) in [5, 5.41) is 3.56. The van der Waals surface area contributed by atoms with E-state index in [4.69, 9.17) is 0 Å². The van der Waals surface area contributed by atoms with Crippen molar-refractivity contribution in [3.8, 4) is 0 Å². The minimum atomic E-state index is 0.710. The maximum atomic E-state index is 3.56. The highest BCUT2D eigenvalue weighted by molar-refractivity contribution is 4.92. The Balaban J connectivity index is 1.92. The smallest absolute Gasteiger partial charge is 0.0249 e. The lowest BCUT2D eigenvalue weighted by atomic mass is 9.92. The lowest BCUT2D eigenvalue weighted by molar-refractivity contribution is 0.0225. The first kappa shape index (κ1) is 8.52. The van der Waals surface area contributed by atoms with Crippen LogP contribution in [0, 0.1) is 0 Å². The molecule has 1 unspecified atom stereocenters. The quantitative estimate of drug-likeness (QED) is 0.633. The number of piperidine rings is 1. The number of likely N-dealkylation sites (tertiary alicyclic amines) is 1. The standard InChI is InChI=1S/C10H20N2/c1-8-5-7-12(8)10-4-3-6-11-9(10)2/h8-11H,3-7H2,1-2H3/t8?,9-,10-/m1/s1. The Morgan fingerprint density at radius 1 is 1.25 bits per heavy atom. The van der Waals surface area contributed by atoms with Gasteiger partial charge < -0.3 is 5.32 Å². The highest BCUT2D eigenvalue weighted by atomic mass is 15.3. The molecule has 70 valence electrons. The summed E-state index contributed by atoms with van der Waals surface area (Å²) in [6, 6.07) is 2.38. The molecule has 2 aliphatic rings. The second-order valence-corrected chi connectivity index (χ2v) is 4.33. The Morgan fingerprint density at radius 2 is 2.08 bits per heavy atom. The molecular weight excluding hydrogens is 148 g/mol. The molecule has 0 aromatic carbocycles. The normalized spacial score (nSPS) is 44.0. The van der Waals surface area contributed by atoms with E-state index in [0.29, 0.717) is 6.04 Å². The van der Waals surface area contributed by atoms with E-state index in [9.17, 15) is 0 Å². The van der Waals surface area contributed by atoms with Crippen molar-refractivity contribution in [1.82, 2.24) is 10.2 Å². The topological polar surface area (TPSA) is 15.3 Å². The molecule has 12 heavy (non-hydrogen) atoms. The lowest BCUT2D eigenvalue weighted by Gasteiger charge is -2.48. The summed E-state index contributed by atoms with van der Waals surface area (Å²) in [4.78, 5) is 2.66. The third-order valence-corrected chi connectivity index (χ3v) is 3.52. The van der Waals surface area contributed by atoms with Crippen molar-refractivity contribution in [2.45, 2.75) is 51.2 Å². The molecule has 0 bridgehead atoms. The Labute approximate surface area is 75.3 Å². The molecule has 2 fully saturated rings. The average molecular weight is 168 g/mol. The highest BCUT2D eigenvalue weighted by Gasteiger charge is 2.34. The fraction of sp³-hybridized carbons (Fsp3) is 1.00. The summed E-state index contributed by atoms with van der Waals surface area (Å²) >= 11 is 0. The summed E-state index contributed by atoms with van der Waals surface area (Å²) in [6.07, 6.45) is 4.17. The van der Waals surface area contributed by atoms with Crippen LogP contribution in [0.4, 0.5) is 0 Å². The molecule has 0 aromatic rings. The van der Waals surface area contributed by atoms with Crippen molar-refractivity contribution in [2.75, 3.05) is 13.1 Å². The maximum Gasteiger partial charge on any atom is 0.0249 e. The summed E-state index contributed by atoms with van der Waals surface area (Å²) in [5.41, 5.74) is 0. The van der Waals surface area contributed by atoms with Gasteiger partial charge in [-0.2, -0.15) is 0 Å². The number of rotatable bonds is 1. The Morgan fingerprint density at radius 3 is 2.58 bits per heavy atom. The summed E-state index contributed by atoms with van der Waals surface area (Å²) in [7, 11) is 0. The van der Waals surface area contributed by atoms with Crippen molar-refractivity contribution < 1.29 is 0 Å². The van der Waals surface area contributed by atoms with E-state index in [1.54, 1.807) is 0 Å². The van der Waals surface area contributed by atoms with Gasteiger partial charge in [0, 0.05) is 24.7 Å². The third kappa shape index (κ3) is 1.38.